The molecule has 1 heterocycles. The molecular weight excluding hydrogens is 325 g/mol. The van der Waals surface area contributed by atoms with Gasteiger partial charge in [0.05, 0.1) is 6.54 Å². The molecular formula is C11H10BrCl2N3. The molecule has 0 bridgehead atoms. The van der Waals surface area contributed by atoms with Crippen molar-refractivity contribution in [3.8, 4) is 0 Å². The van der Waals surface area contributed by atoms with Crippen molar-refractivity contribution in [2.75, 3.05) is 0 Å². The summed E-state index contributed by atoms with van der Waals surface area (Å²) in [6.07, 6.45) is 5.13. The molecule has 0 amide bonds. The van der Waals surface area contributed by atoms with Crippen LogP contribution in [0.2, 0.25) is 5.15 Å². The average Bonchev–Trinajstić information content (AvgIpc) is 2.31. The summed E-state index contributed by atoms with van der Waals surface area (Å²) < 4.78 is 0.741. The van der Waals surface area contributed by atoms with Crippen molar-refractivity contribution in [2.45, 2.75) is 6.54 Å². The molecule has 1 aromatic heterocycles. The van der Waals surface area contributed by atoms with E-state index in [4.69, 9.17) is 23.4 Å². The monoisotopic (exact) mass is 333 g/mol. The van der Waals surface area contributed by atoms with Gasteiger partial charge in [0.2, 0.25) is 0 Å². The number of rotatable bonds is 4. The zero-order valence-electron chi connectivity index (χ0n) is 8.83. The first-order valence-corrected chi connectivity index (χ1v) is 6.20. The second-order valence-corrected chi connectivity index (χ2v) is 4.66. The van der Waals surface area contributed by atoms with Crippen molar-refractivity contribution in [1.82, 2.24) is 9.82 Å². The molecule has 0 unspecified atom stereocenters. The Morgan fingerprint density at radius 2 is 2.29 bits per heavy atom. The van der Waals surface area contributed by atoms with Gasteiger partial charge in [0.15, 0.2) is 0 Å². The van der Waals surface area contributed by atoms with Gasteiger partial charge in [0.1, 0.15) is 11.0 Å². The maximum atomic E-state index is 5.68. The molecule has 6 heteroatoms. The predicted molar refractivity (Wildman–Crippen MR) is 76.6 cm³/mol. The Morgan fingerprint density at radius 3 is 2.82 bits per heavy atom. The van der Waals surface area contributed by atoms with Gasteiger partial charge in [-0.3, -0.25) is 9.83 Å². The number of hydrogen-bond acceptors (Lipinski definition) is 2. The fraction of sp³-hybridized carbons (Fsp3) is 0.0909. The van der Waals surface area contributed by atoms with Crippen LogP contribution in [0.4, 0.5) is 0 Å². The second kappa shape index (κ2) is 7.48. The molecule has 0 saturated heterocycles. The quantitative estimate of drug-likeness (QED) is 0.298. The van der Waals surface area contributed by atoms with Crippen LogP contribution in [-0.2, 0) is 6.54 Å². The average molecular weight is 335 g/mol. The van der Waals surface area contributed by atoms with Gasteiger partial charge in [-0.2, -0.15) is 0 Å². The largest absolute Gasteiger partial charge is 0.283 e. The molecule has 0 saturated carbocycles. The lowest BCUT2D eigenvalue weighted by atomic mass is 10.3. The highest BCUT2D eigenvalue weighted by Gasteiger charge is 1.95. The van der Waals surface area contributed by atoms with Crippen molar-refractivity contribution in [1.29, 1.82) is 0 Å². The van der Waals surface area contributed by atoms with Crippen LogP contribution < -0.4 is 4.84 Å². The highest BCUT2D eigenvalue weighted by molar-refractivity contribution is 9.11. The molecule has 17 heavy (non-hydrogen) atoms. The van der Waals surface area contributed by atoms with Crippen molar-refractivity contribution in [3.63, 3.8) is 0 Å². The fourth-order valence-electron chi connectivity index (χ4n) is 0.960. The highest BCUT2D eigenvalue weighted by atomic mass is 79.9. The summed E-state index contributed by atoms with van der Waals surface area (Å²) in [6, 6.07) is 3.58. The van der Waals surface area contributed by atoms with E-state index in [9.17, 15) is 0 Å². The summed E-state index contributed by atoms with van der Waals surface area (Å²) >= 11 is 14.4. The number of pyridine rings is 1. The second-order valence-electron chi connectivity index (χ2n) is 3.07. The lowest BCUT2D eigenvalue weighted by molar-refractivity contribution is 1.04. The van der Waals surface area contributed by atoms with E-state index in [0.717, 1.165) is 10.0 Å². The van der Waals surface area contributed by atoms with E-state index in [1.54, 1.807) is 24.4 Å². The zero-order chi connectivity index (χ0) is 12.7. The van der Waals surface area contributed by atoms with E-state index in [0.29, 0.717) is 17.5 Å². The molecule has 0 aromatic carbocycles. The molecule has 3 nitrogen and oxygen atoms in total. The van der Waals surface area contributed by atoms with Crippen LogP contribution in [-0.4, -0.2) is 10.8 Å². The van der Waals surface area contributed by atoms with Crippen molar-refractivity contribution >= 4 is 45.1 Å². The third-order valence-electron chi connectivity index (χ3n) is 1.74. The molecule has 0 atom stereocenters. The standard InChI is InChI=1S/C11H10BrCl2N3/c1-8(12)2-5-11(17-14)16-7-9-3-4-10(13)15-6-9/h2-6H,1,7H2,(H,16,17)/b5-2-. The summed E-state index contributed by atoms with van der Waals surface area (Å²) in [6.45, 7) is 4.14. The third kappa shape index (κ3) is 5.86. The number of amidine groups is 1. The molecule has 1 N–H and O–H groups in total. The number of halogens is 3. The smallest absolute Gasteiger partial charge is 0.135 e. The van der Waals surface area contributed by atoms with Gasteiger partial charge in [0, 0.05) is 22.5 Å². The predicted octanol–water partition coefficient (Wildman–Crippen LogP) is 3.84. The van der Waals surface area contributed by atoms with Gasteiger partial charge in [-0.15, -0.1) is 0 Å². The van der Waals surface area contributed by atoms with Crippen molar-refractivity contribution < 1.29 is 0 Å². The van der Waals surface area contributed by atoms with E-state index >= 15 is 0 Å². The van der Waals surface area contributed by atoms with Gasteiger partial charge in [-0.25, -0.2) is 4.98 Å². The Bertz CT molecular complexity index is 441. The summed E-state index contributed by atoms with van der Waals surface area (Å²) in [5.74, 6) is 0.544. The summed E-state index contributed by atoms with van der Waals surface area (Å²) in [5, 5.41) is 0.462. The van der Waals surface area contributed by atoms with Crippen molar-refractivity contribution in [3.05, 3.63) is 52.3 Å². The molecule has 0 fully saturated rings. The van der Waals surface area contributed by atoms with E-state index in [1.807, 2.05) is 6.07 Å². The molecule has 0 aliphatic heterocycles. The number of nitrogens with zero attached hydrogens (tertiary/aromatic N) is 2. The van der Waals surface area contributed by atoms with Gasteiger partial charge in [0.25, 0.3) is 0 Å². The molecule has 90 valence electrons. The van der Waals surface area contributed by atoms with Crippen LogP contribution in [0.5, 0.6) is 0 Å². The van der Waals surface area contributed by atoms with Crippen LogP contribution in [0, 0.1) is 0 Å². The lowest BCUT2D eigenvalue weighted by Crippen LogP contribution is -2.09. The highest BCUT2D eigenvalue weighted by Crippen LogP contribution is 2.06. The van der Waals surface area contributed by atoms with Crippen LogP contribution in [0.1, 0.15) is 5.56 Å². The zero-order valence-corrected chi connectivity index (χ0v) is 11.9. The van der Waals surface area contributed by atoms with E-state index in [-0.39, 0.29) is 0 Å². The third-order valence-corrected chi connectivity index (χ3v) is 2.42. The molecule has 1 rings (SSSR count). The molecule has 0 aliphatic rings. The van der Waals surface area contributed by atoms with E-state index < -0.39 is 0 Å². The van der Waals surface area contributed by atoms with Gasteiger partial charge >= 0.3 is 0 Å². The first-order chi connectivity index (χ1) is 8.11. The minimum Gasteiger partial charge on any atom is -0.283 e. The van der Waals surface area contributed by atoms with Crippen LogP contribution in [0.3, 0.4) is 0 Å². The first-order valence-electron chi connectivity index (χ1n) is 4.66. The maximum Gasteiger partial charge on any atom is 0.135 e. The Labute approximate surface area is 118 Å². The van der Waals surface area contributed by atoms with Gasteiger partial charge in [-0.1, -0.05) is 40.2 Å². The van der Waals surface area contributed by atoms with Crippen LogP contribution in [0.15, 0.2) is 46.5 Å². The minimum atomic E-state index is 0.462. The van der Waals surface area contributed by atoms with E-state index in [1.165, 1.54) is 0 Å². The SMILES string of the molecule is C=C(Br)/C=C\C(=NCc1ccc(Cl)nc1)NCl. The van der Waals surface area contributed by atoms with Gasteiger partial charge < -0.3 is 0 Å². The minimum absolute atomic E-state index is 0.462. The Balaban J connectivity index is 2.67. The topological polar surface area (TPSA) is 37.3 Å². The summed E-state index contributed by atoms with van der Waals surface area (Å²) in [7, 11) is 0. The van der Waals surface area contributed by atoms with E-state index in [2.05, 4.69) is 37.3 Å². The number of hydrogen-bond donors (Lipinski definition) is 1. The molecule has 0 spiro atoms. The van der Waals surface area contributed by atoms with Crippen LogP contribution in [0.25, 0.3) is 0 Å². The molecule has 0 radical (unpaired) electrons. The Hall–Kier alpha value is -0.840. The number of nitrogens with one attached hydrogen (secondary N) is 1. The summed E-state index contributed by atoms with van der Waals surface area (Å²) in [5.41, 5.74) is 0.949. The Kier molecular flexibility index (Phi) is 6.26. The normalized spacial score (nSPS) is 11.8. The number of allylic oxidation sites excluding steroid dienone is 2. The molecule has 0 aliphatic carbocycles. The van der Waals surface area contributed by atoms with Crippen LogP contribution >= 0.6 is 39.3 Å². The number of aliphatic imine (C=N–C) groups is 1. The maximum absolute atomic E-state index is 5.68. The molecule has 1 aromatic rings. The lowest BCUT2D eigenvalue weighted by Gasteiger charge is -1.99. The number of aromatic nitrogens is 1. The summed E-state index contributed by atoms with van der Waals surface area (Å²) in [4.78, 5) is 10.7. The fourth-order valence-corrected chi connectivity index (χ4v) is 1.33. The van der Waals surface area contributed by atoms with Crippen molar-refractivity contribution in [2.24, 2.45) is 4.99 Å². The first kappa shape index (κ1) is 14.2. The van der Waals surface area contributed by atoms with Gasteiger partial charge in [-0.05, 0) is 23.8 Å². The Morgan fingerprint density at radius 1 is 1.53 bits per heavy atom.